The Morgan fingerprint density at radius 1 is 1.44 bits per heavy atom. The van der Waals surface area contributed by atoms with Crippen LogP contribution in [0.3, 0.4) is 0 Å². The number of nitrogens with zero attached hydrogens (tertiary/aromatic N) is 1. The quantitative estimate of drug-likeness (QED) is 0.787. The second-order valence-corrected chi connectivity index (χ2v) is 7.16. The molecule has 2 N–H and O–H groups in total. The first-order valence-electron chi connectivity index (χ1n) is 6.46. The minimum Gasteiger partial charge on any atom is -0.329 e. The first kappa shape index (κ1) is 12.5. The fourth-order valence-corrected chi connectivity index (χ4v) is 4.40. The molecule has 1 heterocycles. The van der Waals surface area contributed by atoms with Gasteiger partial charge in [-0.05, 0) is 18.8 Å². The third-order valence-corrected chi connectivity index (χ3v) is 5.57. The highest BCUT2D eigenvalue weighted by molar-refractivity contribution is 7.85. The smallest absolute Gasteiger partial charge is 0.0363 e. The molecule has 1 aliphatic carbocycles. The highest BCUT2D eigenvalue weighted by Gasteiger charge is 2.39. The summed E-state index contributed by atoms with van der Waals surface area (Å²) in [6.07, 6.45) is 5.12. The van der Waals surface area contributed by atoms with Crippen LogP contribution < -0.4 is 5.73 Å². The van der Waals surface area contributed by atoms with E-state index in [1.165, 1.54) is 25.7 Å². The van der Waals surface area contributed by atoms with Crippen molar-refractivity contribution in [2.24, 2.45) is 11.7 Å². The van der Waals surface area contributed by atoms with E-state index in [1.807, 2.05) is 0 Å². The van der Waals surface area contributed by atoms with Crippen LogP contribution in [0, 0.1) is 5.92 Å². The second kappa shape index (κ2) is 5.15. The fourth-order valence-electron chi connectivity index (χ4n) is 3.35. The summed E-state index contributed by atoms with van der Waals surface area (Å²) in [7, 11) is -0.577. The Kier molecular flexibility index (Phi) is 4.03. The SMILES string of the molecule is CC1CCCC(CN)(N2CCS(=O)CC2)C1. The van der Waals surface area contributed by atoms with Gasteiger partial charge in [0.15, 0.2) is 0 Å². The Hall–Kier alpha value is 0.0700. The molecule has 1 aliphatic heterocycles. The summed E-state index contributed by atoms with van der Waals surface area (Å²) in [6, 6.07) is 0. The predicted molar refractivity (Wildman–Crippen MR) is 68.9 cm³/mol. The Morgan fingerprint density at radius 3 is 2.69 bits per heavy atom. The Balaban J connectivity index is 2.05. The van der Waals surface area contributed by atoms with Crippen LogP contribution >= 0.6 is 0 Å². The topological polar surface area (TPSA) is 46.3 Å². The van der Waals surface area contributed by atoms with Gasteiger partial charge in [0.2, 0.25) is 0 Å². The third kappa shape index (κ3) is 2.49. The van der Waals surface area contributed by atoms with Gasteiger partial charge >= 0.3 is 0 Å². The van der Waals surface area contributed by atoms with Crippen molar-refractivity contribution < 1.29 is 4.21 Å². The first-order chi connectivity index (χ1) is 7.66. The molecule has 0 radical (unpaired) electrons. The maximum absolute atomic E-state index is 11.4. The van der Waals surface area contributed by atoms with Crippen molar-refractivity contribution in [3.8, 4) is 0 Å². The summed E-state index contributed by atoms with van der Waals surface area (Å²) in [5.74, 6) is 2.48. The number of rotatable bonds is 2. The summed E-state index contributed by atoms with van der Waals surface area (Å²) in [4.78, 5) is 2.53. The molecule has 2 unspecified atom stereocenters. The van der Waals surface area contributed by atoms with E-state index in [0.29, 0.717) is 0 Å². The molecule has 4 heteroatoms. The Labute approximate surface area is 101 Å². The van der Waals surface area contributed by atoms with E-state index in [4.69, 9.17) is 5.73 Å². The van der Waals surface area contributed by atoms with Gasteiger partial charge in [-0.1, -0.05) is 19.8 Å². The molecular weight excluding hydrogens is 220 g/mol. The lowest BCUT2D eigenvalue weighted by Crippen LogP contribution is -2.59. The van der Waals surface area contributed by atoms with Crippen molar-refractivity contribution in [2.75, 3.05) is 31.1 Å². The molecule has 1 saturated heterocycles. The lowest BCUT2D eigenvalue weighted by atomic mass is 9.75. The molecule has 16 heavy (non-hydrogen) atoms. The molecular formula is C12H24N2OS. The van der Waals surface area contributed by atoms with E-state index in [1.54, 1.807) is 0 Å². The molecule has 2 atom stereocenters. The summed E-state index contributed by atoms with van der Waals surface area (Å²) >= 11 is 0. The minimum absolute atomic E-state index is 0.224. The molecule has 0 aromatic rings. The average Bonchev–Trinajstić information content (AvgIpc) is 2.29. The van der Waals surface area contributed by atoms with Crippen LogP contribution in [0.5, 0.6) is 0 Å². The second-order valence-electron chi connectivity index (χ2n) is 5.47. The fraction of sp³-hybridized carbons (Fsp3) is 1.00. The molecule has 0 aromatic carbocycles. The molecule has 0 bridgehead atoms. The highest BCUT2D eigenvalue weighted by atomic mass is 32.2. The van der Waals surface area contributed by atoms with Gasteiger partial charge in [-0.15, -0.1) is 0 Å². The lowest BCUT2D eigenvalue weighted by molar-refractivity contribution is 0.0470. The molecule has 0 aromatic heterocycles. The number of hydrogen-bond acceptors (Lipinski definition) is 3. The van der Waals surface area contributed by atoms with Crippen molar-refractivity contribution in [1.29, 1.82) is 0 Å². The van der Waals surface area contributed by atoms with E-state index < -0.39 is 10.8 Å². The predicted octanol–water partition coefficient (Wildman–Crippen LogP) is 0.958. The maximum atomic E-state index is 11.4. The lowest BCUT2D eigenvalue weighted by Gasteiger charge is -2.49. The molecule has 0 spiro atoms. The van der Waals surface area contributed by atoms with Crippen molar-refractivity contribution >= 4 is 10.8 Å². The van der Waals surface area contributed by atoms with Gasteiger partial charge in [-0.25, -0.2) is 0 Å². The molecule has 1 saturated carbocycles. The Bertz CT molecular complexity index is 262. The molecule has 2 rings (SSSR count). The van der Waals surface area contributed by atoms with Crippen LogP contribution in [-0.4, -0.2) is 45.8 Å². The molecule has 2 fully saturated rings. The minimum atomic E-state index is -0.577. The van der Waals surface area contributed by atoms with E-state index in [-0.39, 0.29) is 5.54 Å². The third-order valence-electron chi connectivity index (χ3n) is 4.30. The molecule has 2 aliphatic rings. The summed E-state index contributed by atoms with van der Waals surface area (Å²) in [6.45, 7) is 5.07. The van der Waals surface area contributed by atoms with Crippen LogP contribution in [0.15, 0.2) is 0 Å². The largest absolute Gasteiger partial charge is 0.329 e. The van der Waals surface area contributed by atoms with Gasteiger partial charge in [0.25, 0.3) is 0 Å². The van der Waals surface area contributed by atoms with Crippen LogP contribution in [0.2, 0.25) is 0 Å². The van der Waals surface area contributed by atoms with Crippen LogP contribution in [0.1, 0.15) is 32.6 Å². The molecule has 3 nitrogen and oxygen atoms in total. The zero-order valence-corrected chi connectivity index (χ0v) is 11.1. The Morgan fingerprint density at radius 2 is 2.12 bits per heavy atom. The monoisotopic (exact) mass is 244 g/mol. The summed E-state index contributed by atoms with van der Waals surface area (Å²) < 4.78 is 11.4. The first-order valence-corrected chi connectivity index (χ1v) is 7.95. The maximum Gasteiger partial charge on any atom is 0.0363 e. The van der Waals surface area contributed by atoms with Crippen LogP contribution in [0.4, 0.5) is 0 Å². The zero-order chi connectivity index (χ0) is 11.6. The number of hydrogen-bond donors (Lipinski definition) is 1. The van der Waals surface area contributed by atoms with Gasteiger partial charge in [-0.2, -0.15) is 0 Å². The van der Waals surface area contributed by atoms with E-state index >= 15 is 0 Å². The van der Waals surface area contributed by atoms with Crippen LogP contribution in [-0.2, 0) is 10.8 Å². The van der Waals surface area contributed by atoms with Gasteiger partial charge in [0, 0.05) is 47.5 Å². The highest BCUT2D eigenvalue weighted by Crippen LogP contribution is 2.36. The van der Waals surface area contributed by atoms with E-state index in [9.17, 15) is 4.21 Å². The normalized spacial score (nSPS) is 38.8. The molecule has 94 valence electrons. The summed E-state index contributed by atoms with van der Waals surface area (Å²) in [5.41, 5.74) is 6.27. The van der Waals surface area contributed by atoms with Gasteiger partial charge in [0.05, 0.1) is 0 Å². The van der Waals surface area contributed by atoms with Crippen LogP contribution in [0.25, 0.3) is 0 Å². The van der Waals surface area contributed by atoms with Crippen molar-refractivity contribution in [3.63, 3.8) is 0 Å². The van der Waals surface area contributed by atoms with Gasteiger partial charge < -0.3 is 5.73 Å². The average molecular weight is 244 g/mol. The van der Waals surface area contributed by atoms with Crippen molar-refractivity contribution in [2.45, 2.75) is 38.1 Å². The van der Waals surface area contributed by atoms with Gasteiger partial charge in [0.1, 0.15) is 0 Å². The van der Waals surface area contributed by atoms with E-state index in [2.05, 4.69) is 11.8 Å². The van der Waals surface area contributed by atoms with Crippen molar-refractivity contribution in [1.82, 2.24) is 4.90 Å². The molecule has 0 amide bonds. The van der Waals surface area contributed by atoms with Crippen molar-refractivity contribution in [3.05, 3.63) is 0 Å². The standard InChI is InChI=1S/C12H24N2OS/c1-11-3-2-4-12(9-11,10-13)14-5-7-16(15)8-6-14/h11H,2-10,13H2,1H3. The van der Waals surface area contributed by atoms with Gasteiger partial charge in [-0.3, -0.25) is 9.11 Å². The summed E-state index contributed by atoms with van der Waals surface area (Å²) in [5, 5.41) is 0. The number of nitrogens with two attached hydrogens (primary N) is 1. The zero-order valence-electron chi connectivity index (χ0n) is 10.3. The van der Waals surface area contributed by atoms with E-state index in [0.717, 1.165) is 37.1 Å².